The number of guanidine groups is 1. The van der Waals surface area contributed by atoms with E-state index < -0.39 is 0 Å². The zero-order chi connectivity index (χ0) is 22.1. The van der Waals surface area contributed by atoms with Crippen LogP contribution in [-0.2, 0) is 13.5 Å². The summed E-state index contributed by atoms with van der Waals surface area (Å²) in [6.07, 6.45) is 1.72. The number of aromatic nitrogens is 2. The lowest BCUT2D eigenvalue weighted by Crippen LogP contribution is -2.43. The first-order valence-corrected chi connectivity index (χ1v) is 10.2. The molecule has 1 aromatic carbocycles. The molecule has 1 aromatic heterocycles. The number of aliphatic imine (C=N–C) groups is 1. The van der Waals surface area contributed by atoms with E-state index in [1.807, 2.05) is 29.9 Å². The smallest absolute Gasteiger partial charge is 0.191 e. The molecule has 1 heterocycles. The summed E-state index contributed by atoms with van der Waals surface area (Å²) in [6.45, 7) is 7.63. The predicted octanol–water partition coefficient (Wildman–Crippen LogP) is 2.62. The molecule has 2 aromatic rings. The Balaban J connectivity index is 1.75. The van der Waals surface area contributed by atoms with Crippen molar-refractivity contribution in [3.8, 4) is 17.2 Å². The summed E-state index contributed by atoms with van der Waals surface area (Å²) in [4.78, 5) is 4.32. The zero-order valence-corrected chi connectivity index (χ0v) is 19.2. The molecular formula is C22H35N5O3. The molecule has 2 N–H and O–H groups in total. The largest absolute Gasteiger partial charge is 0.496 e. The van der Waals surface area contributed by atoms with Gasteiger partial charge in [0.15, 0.2) is 5.96 Å². The number of hydrogen-bond donors (Lipinski definition) is 2. The number of aryl methyl sites for hydroxylation is 2. The Labute approximate surface area is 179 Å². The molecule has 1 atom stereocenters. The molecule has 8 nitrogen and oxygen atoms in total. The van der Waals surface area contributed by atoms with Gasteiger partial charge in [0.1, 0.15) is 17.2 Å². The molecule has 2 rings (SSSR count). The van der Waals surface area contributed by atoms with Gasteiger partial charge in [0.05, 0.1) is 26.5 Å². The number of methoxy groups -OCH3 is 2. The van der Waals surface area contributed by atoms with Crippen LogP contribution in [0.25, 0.3) is 0 Å². The number of benzene rings is 1. The van der Waals surface area contributed by atoms with Gasteiger partial charge < -0.3 is 24.8 Å². The maximum Gasteiger partial charge on any atom is 0.191 e. The summed E-state index contributed by atoms with van der Waals surface area (Å²) in [5, 5.41) is 11.3. The summed E-state index contributed by atoms with van der Waals surface area (Å²) in [6, 6.07) is 5.75. The highest BCUT2D eigenvalue weighted by Gasteiger charge is 2.14. The van der Waals surface area contributed by atoms with Gasteiger partial charge in [-0.05, 0) is 39.2 Å². The fourth-order valence-electron chi connectivity index (χ4n) is 3.23. The van der Waals surface area contributed by atoms with Crippen LogP contribution in [0, 0.1) is 13.8 Å². The molecule has 1 unspecified atom stereocenters. The van der Waals surface area contributed by atoms with Crippen molar-refractivity contribution >= 4 is 5.96 Å². The van der Waals surface area contributed by atoms with Gasteiger partial charge in [-0.25, -0.2) is 0 Å². The van der Waals surface area contributed by atoms with Gasteiger partial charge in [-0.2, -0.15) is 5.10 Å². The maximum absolute atomic E-state index is 5.83. The molecule has 0 aliphatic carbocycles. The van der Waals surface area contributed by atoms with Gasteiger partial charge in [-0.15, -0.1) is 0 Å². The number of nitrogens with zero attached hydrogens (tertiary/aromatic N) is 3. The van der Waals surface area contributed by atoms with Gasteiger partial charge in [-0.1, -0.05) is 0 Å². The number of ether oxygens (including phenoxy) is 3. The van der Waals surface area contributed by atoms with E-state index in [1.165, 1.54) is 11.3 Å². The Morgan fingerprint density at radius 2 is 1.77 bits per heavy atom. The fourth-order valence-corrected chi connectivity index (χ4v) is 3.23. The lowest BCUT2D eigenvalue weighted by molar-refractivity contribution is 0.305. The van der Waals surface area contributed by atoms with Crippen molar-refractivity contribution < 1.29 is 14.2 Å². The number of nitrogens with one attached hydrogen (secondary N) is 2. The van der Waals surface area contributed by atoms with Crippen molar-refractivity contribution in [2.75, 3.05) is 34.4 Å². The van der Waals surface area contributed by atoms with E-state index in [9.17, 15) is 0 Å². The van der Waals surface area contributed by atoms with E-state index in [1.54, 1.807) is 21.3 Å². The minimum absolute atomic E-state index is 0.235. The van der Waals surface area contributed by atoms with Crippen LogP contribution in [-0.4, -0.2) is 56.2 Å². The van der Waals surface area contributed by atoms with Crippen molar-refractivity contribution in [1.29, 1.82) is 0 Å². The normalized spacial score (nSPS) is 12.4. The molecule has 0 saturated carbocycles. The number of rotatable bonds is 10. The summed E-state index contributed by atoms with van der Waals surface area (Å²) in [7, 11) is 7.01. The second kappa shape index (κ2) is 11.3. The van der Waals surface area contributed by atoms with Crippen molar-refractivity contribution in [3.05, 3.63) is 35.2 Å². The highest BCUT2D eigenvalue weighted by Crippen LogP contribution is 2.27. The summed E-state index contributed by atoms with van der Waals surface area (Å²) in [5.41, 5.74) is 3.57. The fraction of sp³-hybridized carbons (Fsp3) is 0.545. The van der Waals surface area contributed by atoms with Crippen LogP contribution in [0.5, 0.6) is 17.2 Å². The summed E-state index contributed by atoms with van der Waals surface area (Å²) in [5.74, 6) is 2.93. The van der Waals surface area contributed by atoms with Crippen LogP contribution in [0.2, 0.25) is 0 Å². The van der Waals surface area contributed by atoms with Gasteiger partial charge in [0.25, 0.3) is 0 Å². The van der Waals surface area contributed by atoms with Crippen LogP contribution in [0.4, 0.5) is 0 Å². The Kier molecular flexibility index (Phi) is 8.83. The first kappa shape index (κ1) is 23.4. The molecule has 0 aliphatic rings. The van der Waals surface area contributed by atoms with Crippen molar-refractivity contribution in [2.45, 2.75) is 39.7 Å². The van der Waals surface area contributed by atoms with E-state index >= 15 is 0 Å². The lowest BCUT2D eigenvalue weighted by atomic mass is 10.1. The summed E-state index contributed by atoms with van der Waals surface area (Å²) >= 11 is 0. The van der Waals surface area contributed by atoms with E-state index in [2.05, 4.69) is 41.5 Å². The molecule has 0 bridgehead atoms. The molecule has 30 heavy (non-hydrogen) atoms. The first-order chi connectivity index (χ1) is 14.4. The Morgan fingerprint density at radius 3 is 2.30 bits per heavy atom. The maximum atomic E-state index is 5.83. The first-order valence-electron chi connectivity index (χ1n) is 10.2. The summed E-state index contributed by atoms with van der Waals surface area (Å²) < 4.78 is 18.3. The molecule has 0 saturated heterocycles. The van der Waals surface area contributed by atoms with Gasteiger partial charge >= 0.3 is 0 Å². The average molecular weight is 418 g/mol. The average Bonchev–Trinajstić information content (AvgIpc) is 2.98. The van der Waals surface area contributed by atoms with E-state index in [4.69, 9.17) is 14.2 Å². The van der Waals surface area contributed by atoms with Gasteiger partial charge in [0.2, 0.25) is 0 Å². The van der Waals surface area contributed by atoms with E-state index in [-0.39, 0.29) is 6.04 Å². The third-order valence-electron chi connectivity index (χ3n) is 4.98. The third-order valence-corrected chi connectivity index (χ3v) is 4.98. The van der Waals surface area contributed by atoms with Crippen LogP contribution < -0.4 is 24.8 Å². The third kappa shape index (κ3) is 6.57. The molecule has 0 aliphatic heterocycles. The monoisotopic (exact) mass is 417 g/mol. The Bertz CT molecular complexity index is 825. The van der Waals surface area contributed by atoms with Crippen molar-refractivity contribution in [3.63, 3.8) is 0 Å². The lowest BCUT2D eigenvalue weighted by Gasteiger charge is -2.18. The van der Waals surface area contributed by atoms with Gasteiger partial charge in [0, 0.05) is 50.6 Å². The van der Waals surface area contributed by atoms with Crippen LogP contribution in [0.15, 0.2) is 23.2 Å². The number of hydrogen-bond acceptors (Lipinski definition) is 5. The van der Waals surface area contributed by atoms with Crippen LogP contribution in [0.3, 0.4) is 0 Å². The predicted molar refractivity (Wildman–Crippen MR) is 120 cm³/mol. The van der Waals surface area contributed by atoms with E-state index in [0.29, 0.717) is 18.1 Å². The van der Waals surface area contributed by atoms with Crippen molar-refractivity contribution in [1.82, 2.24) is 20.4 Å². The minimum Gasteiger partial charge on any atom is -0.496 e. The van der Waals surface area contributed by atoms with Gasteiger partial charge in [-0.3, -0.25) is 9.67 Å². The van der Waals surface area contributed by atoms with Crippen molar-refractivity contribution in [2.24, 2.45) is 12.0 Å². The highest BCUT2D eigenvalue weighted by molar-refractivity contribution is 5.79. The SMILES string of the molecule is CN=C(NCCCOc1cc(OC)cc(OC)c1)NC(C)Cc1c(C)nn(C)c1C. The zero-order valence-electron chi connectivity index (χ0n) is 19.2. The molecule has 0 spiro atoms. The molecule has 0 amide bonds. The quantitative estimate of drug-likeness (QED) is 0.351. The standard InChI is InChI=1S/C22H35N5O3/c1-15(11-21-16(2)26-27(5)17(21)3)25-22(23-4)24-9-8-10-30-20-13-18(28-6)12-19(14-20)29-7/h12-15H,8-11H2,1-7H3,(H2,23,24,25). The van der Waals surface area contributed by atoms with E-state index in [0.717, 1.165) is 36.8 Å². The molecule has 0 fully saturated rings. The van der Waals surface area contributed by atoms with Crippen LogP contribution in [0.1, 0.15) is 30.3 Å². The molecule has 0 radical (unpaired) electrons. The topological polar surface area (TPSA) is 81.9 Å². The minimum atomic E-state index is 0.235. The Morgan fingerprint density at radius 1 is 1.13 bits per heavy atom. The Hall–Kier alpha value is -2.90. The highest BCUT2D eigenvalue weighted by atomic mass is 16.5. The second-order valence-corrected chi connectivity index (χ2v) is 7.27. The molecular weight excluding hydrogens is 382 g/mol. The van der Waals surface area contributed by atoms with Crippen LogP contribution >= 0.6 is 0 Å². The molecule has 166 valence electrons. The second-order valence-electron chi connectivity index (χ2n) is 7.27. The molecule has 8 heteroatoms.